The summed E-state index contributed by atoms with van der Waals surface area (Å²) < 4.78 is 12.1. The maximum Gasteiger partial charge on any atom is 0.271 e. The maximum atomic E-state index is 12.1. The van der Waals surface area contributed by atoms with Crippen molar-refractivity contribution in [2.45, 2.75) is 19.0 Å². The zero-order valence-electron chi connectivity index (χ0n) is 9.60. The fourth-order valence-electron chi connectivity index (χ4n) is 1.42. The molecule has 0 radical (unpaired) electrons. The van der Waals surface area contributed by atoms with Gasteiger partial charge in [-0.1, -0.05) is 11.6 Å². The summed E-state index contributed by atoms with van der Waals surface area (Å²) in [6, 6.07) is 3.46. The summed E-state index contributed by atoms with van der Waals surface area (Å²) >= 11 is 5.40. The first-order valence-electron chi connectivity index (χ1n) is 5.48. The van der Waals surface area contributed by atoms with Gasteiger partial charge in [-0.05, 0) is 25.5 Å². The lowest BCUT2D eigenvalue weighted by atomic mass is 10.1. The molecule has 1 saturated heterocycles. The molecule has 100 valence electrons. The van der Waals surface area contributed by atoms with Crippen LogP contribution >= 0.6 is 11.6 Å². The van der Waals surface area contributed by atoms with Crippen molar-refractivity contribution in [3.63, 3.8) is 0 Å². The molecule has 18 heavy (non-hydrogen) atoms. The monoisotopic (exact) mass is 276 g/mol. The highest BCUT2D eigenvalue weighted by atomic mass is 35.5. The van der Waals surface area contributed by atoms with Gasteiger partial charge in [0, 0.05) is 18.7 Å². The molecular formula is C11H14ClFN2O3. The van der Waals surface area contributed by atoms with Crippen LogP contribution in [0.15, 0.2) is 18.2 Å². The number of nitro groups is 1. The van der Waals surface area contributed by atoms with Crippen LogP contribution in [0, 0.1) is 10.1 Å². The molecule has 0 saturated carbocycles. The lowest BCUT2D eigenvalue weighted by molar-refractivity contribution is -0.384. The van der Waals surface area contributed by atoms with Crippen LogP contribution in [0.1, 0.15) is 12.8 Å². The number of phenolic OH excluding ortho intramolecular Hbond substituents is 1. The van der Waals surface area contributed by atoms with Gasteiger partial charge in [0.2, 0.25) is 0 Å². The Morgan fingerprint density at radius 2 is 2.28 bits per heavy atom. The molecule has 1 aromatic carbocycles. The Kier molecular flexibility index (Phi) is 5.80. The number of piperidine rings is 1. The van der Waals surface area contributed by atoms with Gasteiger partial charge >= 0.3 is 0 Å². The summed E-state index contributed by atoms with van der Waals surface area (Å²) in [6.07, 6.45) is 1.18. The van der Waals surface area contributed by atoms with E-state index in [1.165, 1.54) is 12.1 Å². The first-order valence-corrected chi connectivity index (χ1v) is 5.86. The number of benzene rings is 1. The van der Waals surface area contributed by atoms with E-state index < -0.39 is 11.1 Å². The molecule has 1 fully saturated rings. The third-order valence-electron chi connectivity index (χ3n) is 2.38. The van der Waals surface area contributed by atoms with Crippen LogP contribution in [0.2, 0.25) is 5.02 Å². The number of alkyl halides is 1. The largest absolute Gasteiger partial charge is 0.506 e. The highest BCUT2D eigenvalue weighted by Gasteiger charge is 2.09. The topological polar surface area (TPSA) is 75.4 Å². The summed E-state index contributed by atoms with van der Waals surface area (Å²) in [7, 11) is 0. The number of hydrogen-bond acceptors (Lipinski definition) is 4. The van der Waals surface area contributed by atoms with Gasteiger partial charge in [0.05, 0.1) is 9.95 Å². The van der Waals surface area contributed by atoms with Gasteiger partial charge in [-0.3, -0.25) is 10.1 Å². The predicted molar refractivity (Wildman–Crippen MR) is 66.8 cm³/mol. The lowest BCUT2D eigenvalue weighted by Gasteiger charge is -2.14. The van der Waals surface area contributed by atoms with Crippen LogP contribution in [0.4, 0.5) is 10.1 Å². The molecule has 1 unspecified atom stereocenters. The minimum atomic E-state index is -0.578. The number of phenols is 1. The van der Waals surface area contributed by atoms with E-state index in [1.54, 1.807) is 0 Å². The standard InChI is InChI=1S/C6H4ClNO3.C5H10FN/c7-5-3-4(8(10)11)1-2-6(5)9;6-5-2-1-3-7-4-5/h1-3,9H;5,7H,1-4H2. The van der Waals surface area contributed by atoms with Gasteiger partial charge < -0.3 is 10.4 Å². The van der Waals surface area contributed by atoms with Crippen LogP contribution in [0.5, 0.6) is 5.75 Å². The van der Waals surface area contributed by atoms with Crippen LogP contribution in [-0.2, 0) is 0 Å². The Morgan fingerprint density at radius 1 is 1.56 bits per heavy atom. The summed E-state index contributed by atoms with van der Waals surface area (Å²) in [5.41, 5.74) is -0.132. The molecule has 0 aromatic heterocycles. The number of rotatable bonds is 1. The van der Waals surface area contributed by atoms with Crippen LogP contribution < -0.4 is 5.32 Å². The van der Waals surface area contributed by atoms with E-state index in [-0.39, 0.29) is 16.5 Å². The van der Waals surface area contributed by atoms with Crippen molar-refractivity contribution in [1.82, 2.24) is 5.32 Å². The third kappa shape index (κ3) is 4.85. The smallest absolute Gasteiger partial charge is 0.271 e. The van der Waals surface area contributed by atoms with E-state index in [2.05, 4.69) is 5.32 Å². The van der Waals surface area contributed by atoms with Crippen molar-refractivity contribution in [1.29, 1.82) is 0 Å². The molecule has 1 aliphatic heterocycles. The molecule has 0 spiro atoms. The molecular weight excluding hydrogens is 263 g/mol. The summed E-state index contributed by atoms with van der Waals surface area (Å²) in [5.74, 6) is -0.155. The number of nitrogens with one attached hydrogen (secondary N) is 1. The lowest BCUT2D eigenvalue weighted by Crippen LogP contribution is -2.30. The third-order valence-corrected chi connectivity index (χ3v) is 2.68. The summed E-state index contributed by atoms with van der Waals surface area (Å²) in [6.45, 7) is 1.57. The van der Waals surface area contributed by atoms with Crippen molar-refractivity contribution >= 4 is 17.3 Å². The second-order valence-electron chi connectivity index (χ2n) is 3.84. The Balaban J connectivity index is 0.000000199. The van der Waals surface area contributed by atoms with Crippen molar-refractivity contribution in [2.24, 2.45) is 0 Å². The fraction of sp³-hybridized carbons (Fsp3) is 0.455. The molecule has 1 heterocycles. The van der Waals surface area contributed by atoms with E-state index >= 15 is 0 Å². The quantitative estimate of drug-likeness (QED) is 0.611. The maximum absolute atomic E-state index is 12.1. The zero-order valence-corrected chi connectivity index (χ0v) is 10.4. The number of non-ortho nitro benzene ring substituents is 1. The van der Waals surface area contributed by atoms with Gasteiger partial charge in [0.1, 0.15) is 11.9 Å². The molecule has 7 heteroatoms. The van der Waals surface area contributed by atoms with Gasteiger partial charge in [0.15, 0.2) is 0 Å². The Labute approximate surface area is 109 Å². The molecule has 2 rings (SSSR count). The van der Waals surface area contributed by atoms with Gasteiger partial charge in [-0.2, -0.15) is 0 Å². The summed E-state index contributed by atoms with van der Waals surface area (Å²) in [4.78, 5) is 9.55. The van der Waals surface area contributed by atoms with Gasteiger partial charge in [-0.15, -0.1) is 0 Å². The number of hydrogen-bond donors (Lipinski definition) is 2. The SMILES string of the molecule is FC1CCCNC1.O=[N+]([O-])c1ccc(O)c(Cl)c1. The number of nitro benzene ring substituents is 1. The zero-order chi connectivity index (χ0) is 13.5. The van der Waals surface area contributed by atoms with Crippen molar-refractivity contribution in [3.05, 3.63) is 33.3 Å². The second kappa shape index (κ2) is 7.13. The number of aromatic hydroxyl groups is 1. The first-order chi connectivity index (χ1) is 8.50. The minimum absolute atomic E-state index is 0.0146. The molecule has 5 nitrogen and oxygen atoms in total. The van der Waals surface area contributed by atoms with E-state index in [9.17, 15) is 14.5 Å². The molecule has 0 amide bonds. The average molecular weight is 277 g/mol. The van der Waals surface area contributed by atoms with Crippen LogP contribution in [0.3, 0.4) is 0 Å². The van der Waals surface area contributed by atoms with Crippen LogP contribution in [0.25, 0.3) is 0 Å². The Hall–Kier alpha value is -1.40. The van der Waals surface area contributed by atoms with Crippen molar-refractivity contribution in [3.8, 4) is 5.75 Å². The molecule has 1 aliphatic rings. The van der Waals surface area contributed by atoms with Crippen molar-refractivity contribution in [2.75, 3.05) is 13.1 Å². The van der Waals surface area contributed by atoms with Crippen molar-refractivity contribution < 1.29 is 14.4 Å². The molecule has 1 atom stereocenters. The minimum Gasteiger partial charge on any atom is -0.506 e. The first kappa shape index (κ1) is 14.7. The molecule has 0 aliphatic carbocycles. The van der Waals surface area contributed by atoms with E-state index in [0.717, 1.165) is 25.5 Å². The normalized spacial score (nSPS) is 18.7. The average Bonchev–Trinajstić information content (AvgIpc) is 2.34. The van der Waals surface area contributed by atoms with Gasteiger partial charge in [-0.25, -0.2) is 4.39 Å². The predicted octanol–water partition coefficient (Wildman–Crippen LogP) is 2.66. The van der Waals surface area contributed by atoms with Crippen LogP contribution in [-0.4, -0.2) is 29.3 Å². The Morgan fingerprint density at radius 3 is 2.67 bits per heavy atom. The van der Waals surface area contributed by atoms with Gasteiger partial charge in [0.25, 0.3) is 5.69 Å². The number of nitrogens with zero attached hydrogens (tertiary/aromatic N) is 1. The number of halogens is 2. The second-order valence-corrected chi connectivity index (χ2v) is 4.24. The highest BCUT2D eigenvalue weighted by molar-refractivity contribution is 6.32. The summed E-state index contributed by atoms with van der Waals surface area (Å²) in [5, 5.41) is 21.9. The van der Waals surface area contributed by atoms with E-state index in [4.69, 9.17) is 16.7 Å². The van der Waals surface area contributed by atoms with E-state index in [1.807, 2.05) is 0 Å². The molecule has 1 aromatic rings. The van der Waals surface area contributed by atoms with E-state index in [0.29, 0.717) is 6.54 Å². The molecule has 2 N–H and O–H groups in total. The highest BCUT2D eigenvalue weighted by Crippen LogP contribution is 2.26. The molecule has 0 bridgehead atoms. The fourth-order valence-corrected chi connectivity index (χ4v) is 1.59. The Bertz CT molecular complexity index is 411.